The third-order valence-electron chi connectivity index (χ3n) is 7.94. The molecule has 1 N–H and O–H groups in total. The van der Waals surface area contributed by atoms with Gasteiger partial charge in [-0.15, -0.1) is 0 Å². The summed E-state index contributed by atoms with van der Waals surface area (Å²) in [7, 11) is 0. The van der Waals surface area contributed by atoms with Gasteiger partial charge in [-0.2, -0.15) is 0 Å². The number of Topliss-reactive ketones (excluding diaryl/α,β-unsaturated/α-hetero) is 1. The largest absolute Gasteiger partial charge is 0.389 e. The van der Waals surface area contributed by atoms with Crippen LogP contribution in [0.25, 0.3) is 0 Å². The summed E-state index contributed by atoms with van der Waals surface area (Å²) in [5.74, 6) is 1.53. The van der Waals surface area contributed by atoms with Crippen LogP contribution in [0.4, 0.5) is 0 Å². The summed E-state index contributed by atoms with van der Waals surface area (Å²) in [4.78, 5) is 24.2. The summed E-state index contributed by atoms with van der Waals surface area (Å²) in [6, 6.07) is 0. The van der Waals surface area contributed by atoms with E-state index in [1.807, 2.05) is 6.92 Å². The lowest BCUT2D eigenvalue weighted by atomic mass is 9.45. The monoisotopic (exact) mass is 302 g/mol. The summed E-state index contributed by atoms with van der Waals surface area (Å²) >= 11 is 0. The molecule has 3 heteroatoms. The lowest BCUT2D eigenvalue weighted by Crippen LogP contribution is -2.61. The van der Waals surface area contributed by atoms with E-state index in [9.17, 15) is 14.7 Å². The van der Waals surface area contributed by atoms with Gasteiger partial charge in [-0.1, -0.05) is 13.0 Å². The fourth-order valence-corrected chi connectivity index (χ4v) is 6.37. The highest BCUT2D eigenvalue weighted by Gasteiger charge is 2.67. The average Bonchev–Trinajstić information content (AvgIpc) is 2.72. The Bertz CT molecular complexity index is 579. The number of ketones is 2. The van der Waals surface area contributed by atoms with Crippen molar-refractivity contribution < 1.29 is 14.7 Å². The molecular weight excluding hydrogens is 276 g/mol. The van der Waals surface area contributed by atoms with Gasteiger partial charge >= 0.3 is 0 Å². The van der Waals surface area contributed by atoms with E-state index in [1.165, 1.54) is 0 Å². The summed E-state index contributed by atoms with van der Waals surface area (Å²) < 4.78 is 0. The Labute approximate surface area is 132 Å². The maximum atomic E-state index is 12.4. The fraction of sp³-hybridized carbons (Fsp3) is 0.789. The number of fused-ring (bicyclic) bond motifs is 5. The minimum atomic E-state index is -0.823. The molecule has 6 atom stereocenters. The molecule has 0 spiro atoms. The highest BCUT2D eigenvalue weighted by atomic mass is 16.3. The molecule has 1 unspecified atom stereocenters. The zero-order valence-electron chi connectivity index (χ0n) is 13.6. The Morgan fingerprint density at radius 1 is 1.09 bits per heavy atom. The van der Waals surface area contributed by atoms with Crippen LogP contribution in [-0.2, 0) is 9.59 Å². The first-order chi connectivity index (χ1) is 10.3. The van der Waals surface area contributed by atoms with Crippen molar-refractivity contribution in [2.24, 2.45) is 28.6 Å². The normalized spacial score (nSPS) is 53.9. The van der Waals surface area contributed by atoms with E-state index in [-0.39, 0.29) is 22.9 Å². The minimum Gasteiger partial charge on any atom is -0.389 e. The van der Waals surface area contributed by atoms with Gasteiger partial charge in [0.25, 0.3) is 0 Å². The van der Waals surface area contributed by atoms with Gasteiger partial charge in [0, 0.05) is 12.8 Å². The molecule has 0 saturated heterocycles. The van der Waals surface area contributed by atoms with Crippen LogP contribution in [0.3, 0.4) is 0 Å². The van der Waals surface area contributed by atoms with Crippen molar-refractivity contribution in [3.05, 3.63) is 12.2 Å². The van der Waals surface area contributed by atoms with Crippen LogP contribution in [0.15, 0.2) is 12.2 Å². The molecule has 3 saturated carbocycles. The quantitative estimate of drug-likeness (QED) is 0.748. The molecule has 0 aromatic heterocycles. The van der Waals surface area contributed by atoms with Crippen molar-refractivity contribution in [1.82, 2.24) is 0 Å². The zero-order chi connectivity index (χ0) is 15.8. The van der Waals surface area contributed by atoms with E-state index in [2.05, 4.69) is 13.0 Å². The molecule has 3 nitrogen and oxygen atoms in total. The second-order valence-electron chi connectivity index (χ2n) is 8.58. The maximum Gasteiger partial charge on any atom is 0.155 e. The van der Waals surface area contributed by atoms with Gasteiger partial charge in [0.15, 0.2) is 5.78 Å². The van der Waals surface area contributed by atoms with E-state index in [4.69, 9.17) is 0 Å². The van der Waals surface area contributed by atoms with Gasteiger partial charge in [0.2, 0.25) is 0 Å². The zero-order valence-corrected chi connectivity index (χ0v) is 13.6. The smallest absolute Gasteiger partial charge is 0.155 e. The standard InChI is InChI=1S/C19H26O3/c1-17-8-5-13(20)11-12(17)3-4-15-14(17)6-9-18(2)16(21)7-10-19(15,18)22/h5,8,12,14-15,22H,3-4,6-7,9-11H2,1-2H3/t12?,14-,15+,17-,18+,19-/m0/s1. The summed E-state index contributed by atoms with van der Waals surface area (Å²) in [6.07, 6.45) is 9.47. The van der Waals surface area contributed by atoms with Gasteiger partial charge in [-0.25, -0.2) is 0 Å². The molecule has 3 fully saturated rings. The molecule has 0 radical (unpaired) electrons. The van der Waals surface area contributed by atoms with Crippen LogP contribution >= 0.6 is 0 Å². The third kappa shape index (κ3) is 1.56. The van der Waals surface area contributed by atoms with Crippen molar-refractivity contribution in [3.63, 3.8) is 0 Å². The molecule has 0 aromatic carbocycles. The molecule has 4 aliphatic carbocycles. The number of rotatable bonds is 0. The molecule has 0 aliphatic heterocycles. The van der Waals surface area contributed by atoms with Gasteiger partial charge in [-0.05, 0) is 68.3 Å². The number of aliphatic hydroxyl groups is 1. The predicted octanol–water partition coefficient (Wildman–Crippen LogP) is 3.06. The van der Waals surface area contributed by atoms with Crippen molar-refractivity contribution in [1.29, 1.82) is 0 Å². The van der Waals surface area contributed by atoms with Crippen molar-refractivity contribution >= 4 is 11.6 Å². The lowest BCUT2D eigenvalue weighted by Gasteiger charge is -2.60. The Morgan fingerprint density at radius 3 is 2.64 bits per heavy atom. The predicted molar refractivity (Wildman–Crippen MR) is 83.1 cm³/mol. The van der Waals surface area contributed by atoms with Crippen LogP contribution in [0, 0.1) is 28.6 Å². The molecule has 120 valence electrons. The average molecular weight is 302 g/mol. The van der Waals surface area contributed by atoms with Crippen molar-refractivity contribution in [2.45, 2.75) is 64.4 Å². The molecule has 0 amide bonds. The molecule has 0 heterocycles. The van der Waals surface area contributed by atoms with E-state index in [0.29, 0.717) is 31.1 Å². The molecular formula is C19H26O3. The summed E-state index contributed by atoms with van der Waals surface area (Å²) in [5, 5.41) is 11.5. The molecule has 4 rings (SSSR count). The number of hydrogen-bond acceptors (Lipinski definition) is 3. The van der Waals surface area contributed by atoms with E-state index < -0.39 is 11.0 Å². The van der Waals surface area contributed by atoms with Crippen LogP contribution in [0.5, 0.6) is 0 Å². The van der Waals surface area contributed by atoms with E-state index in [1.54, 1.807) is 6.08 Å². The minimum absolute atomic E-state index is 0.0134. The van der Waals surface area contributed by atoms with Gasteiger partial charge in [0.05, 0.1) is 11.0 Å². The number of carbonyl (C=O) groups is 2. The number of hydrogen-bond donors (Lipinski definition) is 1. The third-order valence-corrected chi connectivity index (χ3v) is 7.94. The van der Waals surface area contributed by atoms with Crippen molar-refractivity contribution in [3.8, 4) is 0 Å². The highest BCUT2D eigenvalue weighted by molar-refractivity contribution is 5.91. The fourth-order valence-electron chi connectivity index (χ4n) is 6.37. The first-order valence-corrected chi connectivity index (χ1v) is 8.79. The number of allylic oxidation sites excluding steroid dienone is 2. The van der Waals surface area contributed by atoms with Crippen LogP contribution in [0.2, 0.25) is 0 Å². The topological polar surface area (TPSA) is 54.4 Å². The summed E-state index contributed by atoms with van der Waals surface area (Å²) in [6.45, 7) is 4.27. The molecule has 0 bridgehead atoms. The Morgan fingerprint density at radius 2 is 1.86 bits per heavy atom. The maximum absolute atomic E-state index is 12.4. The van der Waals surface area contributed by atoms with E-state index in [0.717, 1.165) is 25.7 Å². The van der Waals surface area contributed by atoms with Crippen LogP contribution in [0.1, 0.15) is 58.8 Å². The molecule has 0 aromatic rings. The second-order valence-corrected chi connectivity index (χ2v) is 8.58. The summed E-state index contributed by atoms with van der Waals surface area (Å²) in [5.41, 5.74) is -1.35. The Hall–Kier alpha value is -0.960. The molecule has 22 heavy (non-hydrogen) atoms. The highest BCUT2D eigenvalue weighted by Crippen LogP contribution is 2.65. The second kappa shape index (κ2) is 4.31. The van der Waals surface area contributed by atoms with Gasteiger partial charge < -0.3 is 5.11 Å². The van der Waals surface area contributed by atoms with Gasteiger partial charge in [-0.3, -0.25) is 9.59 Å². The van der Waals surface area contributed by atoms with Gasteiger partial charge in [0.1, 0.15) is 5.78 Å². The van der Waals surface area contributed by atoms with E-state index >= 15 is 0 Å². The lowest BCUT2D eigenvalue weighted by molar-refractivity contribution is -0.187. The number of carbonyl (C=O) groups excluding carboxylic acids is 2. The molecule has 4 aliphatic rings. The Balaban J connectivity index is 1.75. The SMILES string of the molecule is C[C@]12C=CC(=O)CC1CC[C@@H]1[C@@H]2CC[C@]2(C)C(=O)CC[C@]12O. The van der Waals surface area contributed by atoms with Crippen molar-refractivity contribution in [2.75, 3.05) is 0 Å². The first kappa shape index (κ1) is 14.6. The first-order valence-electron chi connectivity index (χ1n) is 8.79. The van der Waals surface area contributed by atoms with Crippen LogP contribution in [-0.4, -0.2) is 22.3 Å². The van der Waals surface area contributed by atoms with Crippen LogP contribution < -0.4 is 0 Å². The Kier molecular flexibility index (Phi) is 2.87.